The van der Waals surface area contributed by atoms with Crippen molar-refractivity contribution >= 4 is 82.8 Å². The van der Waals surface area contributed by atoms with Crippen LogP contribution in [-0.4, -0.2) is 79.4 Å². The molecule has 0 aliphatic carbocycles. The van der Waals surface area contributed by atoms with Crippen LogP contribution in [0.15, 0.2) is 260 Å². The fraction of sp³-hybridized carbons (Fsp3) is 0.231. The number of hydrogen-bond donors (Lipinski definition) is 5. The third-order valence-electron chi connectivity index (χ3n) is 20.4. The molecule has 0 saturated carbocycles. The van der Waals surface area contributed by atoms with Crippen LogP contribution >= 0.6 is 0 Å². The molecule has 0 fully saturated rings. The number of pyridine rings is 5. The number of aliphatic hydroxyl groups is 5. The first kappa shape index (κ1) is 124. The van der Waals surface area contributed by atoms with Crippen molar-refractivity contribution in [2.24, 2.45) is 0 Å². The molecule has 0 aliphatic heterocycles. The largest absolute Gasteiger partial charge is 0.512 e. The van der Waals surface area contributed by atoms with Gasteiger partial charge in [0.1, 0.15) is 0 Å². The van der Waals surface area contributed by atoms with Gasteiger partial charge in [0.15, 0.2) is 28.9 Å². The molecule has 5 aromatic heterocycles. The summed E-state index contributed by atoms with van der Waals surface area (Å²) >= 11 is 0. The molecule has 0 aliphatic rings. The van der Waals surface area contributed by atoms with Gasteiger partial charge in [0, 0.05) is 162 Å². The van der Waals surface area contributed by atoms with Crippen LogP contribution in [0.25, 0.3) is 110 Å². The Morgan fingerprint density at radius 2 is 0.540 bits per heavy atom. The second-order valence-electron chi connectivity index (χ2n) is 33.3. The minimum atomic E-state index is -0.125. The van der Waals surface area contributed by atoms with Gasteiger partial charge in [-0.15, -0.1) is 173 Å². The van der Waals surface area contributed by atoms with Gasteiger partial charge in [-0.3, -0.25) is 24.0 Å². The molecule has 10 aromatic carbocycles. The number of fused-ring (bicyclic) bond motifs is 5. The maximum Gasteiger partial charge on any atom is 0.155 e. The number of hydrogen-bond acceptors (Lipinski definition) is 15. The molecular formula is C117H124Ir5N5O10-5. The third-order valence-corrected chi connectivity index (χ3v) is 20.4. The number of ketones is 5. The van der Waals surface area contributed by atoms with Crippen molar-refractivity contribution in [3.63, 3.8) is 0 Å². The molecule has 5 N–H and O–H groups in total. The predicted octanol–water partition coefficient (Wildman–Crippen LogP) is 28.9. The Bertz CT molecular complexity index is 6670. The first-order valence-electron chi connectivity index (χ1n) is 43.4. The average Bonchev–Trinajstić information content (AvgIpc) is 0.775. The maximum atomic E-state index is 10.0. The number of rotatable bonds is 10. The molecule has 0 saturated heterocycles. The Morgan fingerprint density at radius 3 is 0.854 bits per heavy atom. The Balaban J connectivity index is 0.000000781. The number of nitrogens with zero attached hydrogens (tertiary/aromatic N) is 5. The molecule has 5 heterocycles. The standard InChI is InChI=1S/2C19H18N.3C18H16N.5C5H8O2.5Ir/c1-12-5-7-16-9-10-20-19(18(16)11-12)17-8-6-13(2)14(3)15(17)4;1-12-5-6-16-7-8-20-19(18(16)10-12)17-11-13(2)9-14(3)15(17)4;1-12-5-7-16(14(3)10-12)18-17-11-13(2)4-6-15(17)8-9-19-18;1-12-4-6-15-8-9-19-18(17(15)10-12)16-7-5-13(2)14(3)11-16;1-12-4-5-15-6-7-19-18(17(15)11-12)16-9-13(2)8-14(3)10-16;5*1-4(6)3-5(2)7;;;;;/h5-7,9-11H,1-4H3;5-10H,1-4H3;2*4-6,8-11H,1-3H3;4-9,11H,1-3H3;5*3,6H,1-2H3;;;;;/q5*-1;;;;;;;;;;. The van der Waals surface area contributed by atoms with E-state index in [0.717, 1.165) is 67.4 Å². The van der Waals surface area contributed by atoms with Gasteiger partial charge in [0.05, 0.1) is 28.8 Å². The number of aliphatic hydroxyl groups excluding tert-OH is 5. The second kappa shape index (κ2) is 60.3. The zero-order valence-corrected chi connectivity index (χ0v) is 95.1. The SMILES string of the molecule is CC(=O)C=C(C)O.CC(=O)C=C(C)O.CC(=O)C=C(C)O.CC(=O)C=C(C)O.CC(=O)C=C(C)O.Cc1[c-]c(-c2nccc3ccc(C)cc23)c(C)c(C)c1.Cc1[c-]c(-c2nccc3ccc(C)cc23)cc(C)c1.Cc1c[c-]c(-c2nccc3ccc(C)cc23)c(C)c1.Cc1ccc2ccnc(-c3[c-]cc(C)c(C)c3)c2c1.Cc1ccc2ccnc(-c3[c-]cc(C)c(C)c3C)c2c1.[Ir].[Ir].[Ir].[Ir].[Ir]. The molecule has 0 bridgehead atoms. The van der Waals surface area contributed by atoms with Crippen LogP contribution in [0.3, 0.4) is 0 Å². The molecule has 137 heavy (non-hydrogen) atoms. The first-order chi connectivity index (χ1) is 62.2. The molecule has 15 rings (SSSR count). The predicted molar refractivity (Wildman–Crippen MR) is 546 cm³/mol. The van der Waals surface area contributed by atoms with Crippen LogP contribution in [0.2, 0.25) is 0 Å². The van der Waals surface area contributed by atoms with Gasteiger partial charge in [-0.1, -0.05) is 202 Å². The molecule has 15 aromatic rings. The summed E-state index contributed by atoms with van der Waals surface area (Å²) in [5.41, 5.74) is 31.9. The average molecular weight is 2720 g/mol. The van der Waals surface area contributed by atoms with Crippen LogP contribution in [0.1, 0.15) is 164 Å². The maximum absolute atomic E-state index is 10.0. The van der Waals surface area contributed by atoms with Gasteiger partial charge < -0.3 is 50.5 Å². The molecule has 15 nitrogen and oxygen atoms in total. The summed E-state index contributed by atoms with van der Waals surface area (Å²) in [6, 6.07) is 76.7. The van der Waals surface area contributed by atoms with E-state index in [1.165, 1.54) is 237 Å². The van der Waals surface area contributed by atoms with E-state index in [1.54, 1.807) is 0 Å². The van der Waals surface area contributed by atoms with Crippen molar-refractivity contribution in [1.29, 1.82) is 0 Å². The molecule has 0 spiro atoms. The van der Waals surface area contributed by atoms with E-state index < -0.39 is 0 Å². The Kier molecular flexibility index (Phi) is 54.4. The van der Waals surface area contributed by atoms with E-state index >= 15 is 0 Å². The van der Waals surface area contributed by atoms with Crippen molar-refractivity contribution in [3.05, 3.63) is 385 Å². The van der Waals surface area contributed by atoms with E-state index in [0.29, 0.717) is 0 Å². The van der Waals surface area contributed by atoms with E-state index in [4.69, 9.17) is 25.5 Å². The zero-order chi connectivity index (χ0) is 98.1. The number of benzene rings is 10. The Labute approximate surface area is 878 Å². The summed E-state index contributed by atoms with van der Waals surface area (Å²) in [6.07, 6.45) is 15.2. The molecule has 0 atom stereocenters. The summed E-state index contributed by atoms with van der Waals surface area (Å²) in [4.78, 5) is 73.0. The number of carbonyl (C=O) groups excluding carboxylic acids is 5. The summed E-state index contributed by atoms with van der Waals surface area (Å²) in [5, 5.41) is 54.0. The summed E-state index contributed by atoms with van der Waals surface area (Å²) < 4.78 is 0. The number of allylic oxidation sites excluding steroid dienone is 10. The first-order valence-corrected chi connectivity index (χ1v) is 43.4. The van der Waals surface area contributed by atoms with E-state index in [2.05, 4.69) is 331 Å². The van der Waals surface area contributed by atoms with Crippen molar-refractivity contribution in [1.82, 2.24) is 24.9 Å². The monoisotopic (exact) mass is 2720 g/mol. The van der Waals surface area contributed by atoms with E-state index in [9.17, 15) is 24.0 Å². The van der Waals surface area contributed by atoms with Gasteiger partial charge in [0.25, 0.3) is 0 Å². The molecule has 5 radical (unpaired) electrons. The normalized spacial score (nSPS) is 10.7. The quantitative estimate of drug-likeness (QED) is 0.0485. The summed E-state index contributed by atoms with van der Waals surface area (Å²) in [6.45, 7) is 50.3. The van der Waals surface area contributed by atoms with Gasteiger partial charge in [-0.25, -0.2) is 0 Å². The minimum Gasteiger partial charge on any atom is -0.512 e. The van der Waals surface area contributed by atoms with Crippen molar-refractivity contribution in [2.75, 3.05) is 0 Å². The summed E-state index contributed by atoms with van der Waals surface area (Å²) in [7, 11) is 0. The van der Waals surface area contributed by atoms with Crippen LogP contribution in [0.5, 0.6) is 0 Å². The van der Waals surface area contributed by atoms with E-state index in [-0.39, 0.29) is 158 Å². The van der Waals surface area contributed by atoms with E-state index in [1.807, 2.05) is 43.1 Å². The molecule has 0 unspecified atom stereocenters. The van der Waals surface area contributed by atoms with Gasteiger partial charge in [-0.05, 0) is 217 Å². The summed E-state index contributed by atoms with van der Waals surface area (Å²) in [5.74, 6) is -0.312. The van der Waals surface area contributed by atoms with Crippen LogP contribution in [0, 0.1) is 148 Å². The van der Waals surface area contributed by atoms with Crippen molar-refractivity contribution in [3.8, 4) is 56.3 Å². The minimum absolute atomic E-state index is 0. The Hall–Kier alpha value is -11.5. The van der Waals surface area contributed by atoms with Crippen molar-refractivity contribution < 1.29 is 150 Å². The van der Waals surface area contributed by atoms with Crippen LogP contribution in [-0.2, 0) is 124 Å². The van der Waals surface area contributed by atoms with Crippen molar-refractivity contribution in [2.45, 2.75) is 187 Å². The number of aryl methyl sites for hydroxylation is 14. The smallest absolute Gasteiger partial charge is 0.155 e. The van der Waals surface area contributed by atoms with Crippen LogP contribution < -0.4 is 0 Å². The van der Waals surface area contributed by atoms with Gasteiger partial charge in [-0.2, -0.15) is 0 Å². The Morgan fingerprint density at radius 1 is 0.241 bits per heavy atom. The van der Waals surface area contributed by atoms with Gasteiger partial charge >= 0.3 is 0 Å². The fourth-order valence-electron chi connectivity index (χ4n) is 14.1. The third kappa shape index (κ3) is 40.6. The molecule has 20 heteroatoms. The number of carbonyl (C=O) groups is 5. The topological polar surface area (TPSA) is 251 Å². The fourth-order valence-corrected chi connectivity index (χ4v) is 14.1. The molecular weight excluding hydrogens is 2600 g/mol. The van der Waals surface area contributed by atoms with Gasteiger partial charge in [0.2, 0.25) is 0 Å². The number of aromatic nitrogens is 5. The molecule has 0 amide bonds. The van der Waals surface area contributed by atoms with Crippen LogP contribution in [0.4, 0.5) is 0 Å². The zero-order valence-electron chi connectivity index (χ0n) is 83.1. The molecule has 727 valence electrons. The second-order valence-corrected chi connectivity index (χ2v) is 33.3.